The lowest BCUT2D eigenvalue weighted by molar-refractivity contribution is -0.158. The van der Waals surface area contributed by atoms with Gasteiger partial charge in [0.1, 0.15) is 23.3 Å². The Morgan fingerprint density at radius 2 is 1.49 bits per heavy atom. The Kier molecular flexibility index (Phi) is 8.25. The first-order valence-corrected chi connectivity index (χ1v) is 12.5. The normalized spacial score (nSPS) is 16.4. The number of nitrogens with one attached hydrogen (secondary N) is 1. The summed E-state index contributed by atoms with van der Waals surface area (Å²) in [6.45, 7) is 4.59. The van der Waals surface area contributed by atoms with E-state index in [1.807, 2.05) is 30.3 Å². The Morgan fingerprint density at radius 3 is 2.08 bits per heavy atom. The Hall–Kier alpha value is -4.31. The number of carbonyl (C=O) groups is 3. The number of benzene rings is 3. The summed E-state index contributed by atoms with van der Waals surface area (Å²) < 4.78 is 34.8. The van der Waals surface area contributed by atoms with Crippen molar-refractivity contribution in [3.8, 4) is 0 Å². The van der Waals surface area contributed by atoms with Gasteiger partial charge in [0, 0.05) is 12.1 Å². The summed E-state index contributed by atoms with van der Waals surface area (Å²) in [5.41, 5.74) is 2.46. The summed E-state index contributed by atoms with van der Waals surface area (Å²) in [7, 11) is 0. The molecule has 204 valence electrons. The molecular weight excluding hydrogens is 506 g/mol. The van der Waals surface area contributed by atoms with Crippen molar-refractivity contribution in [1.29, 1.82) is 0 Å². The van der Waals surface area contributed by atoms with Gasteiger partial charge in [-0.15, -0.1) is 0 Å². The van der Waals surface area contributed by atoms with Crippen LogP contribution in [0.4, 0.5) is 18.4 Å². The summed E-state index contributed by atoms with van der Waals surface area (Å²) in [6, 6.07) is 19.3. The number of hydrogen-bond donors (Lipinski definition) is 1. The number of hydrogen-bond acceptors (Lipinski definition) is 5. The highest BCUT2D eigenvalue weighted by Crippen LogP contribution is 2.32. The number of ether oxygens (including phenoxy) is 1. The molecule has 4 rings (SSSR count). The van der Waals surface area contributed by atoms with Crippen molar-refractivity contribution >= 4 is 18.0 Å². The van der Waals surface area contributed by atoms with Gasteiger partial charge in [-0.25, -0.2) is 23.8 Å². The molecule has 0 spiro atoms. The number of nitrogens with zero attached hydrogens (tertiary/aromatic N) is 3. The van der Waals surface area contributed by atoms with Crippen LogP contribution in [0.3, 0.4) is 0 Å². The molecule has 0 aliphatic carbocycles. The maximum Gasteiger partial charge on any atom is 0.427 e. The molecule has 1 atom stereocenters. The van der Waals surface area contributed by atoms with Crippen molar-refractivity contribution in [2.75, 3.05) is 6.54 Å². The highest BCUT2D eigenvalue weighted by molar-refractivity contribution is 6.00. The lowest BCUT2D eigenvalue weighted by atomic mass is 10.0. The minimum absolute atomic E-state index is 0.0576. The zero-order valence-corrected chi connectivity index (χ0v) is 21.9. The maximum absolute atomic E-state index is 14.8. The monoisotopic (exact) mass is 536 g/mol. The number of urea groups is 1. The molecule has 0 bridgehead atoms. The minimum atomic E-state index is -1.19. The summed E-state index contributed by atoms with van der Waals surface area (Å²) in [6.07, 6.45) is -0.619. The predicted molar refractivity (Wildman–Crippen MR) is 140 cm³/mol. The lowest BCUT2D eigenvalue weighted by Crippen LogP contribution is -2.67. The van der Waals surface area contributed by atoms with Crippen molar-refractivity contribution in [3.05, 3.63) is 107 Å². The molecule has 10 heteroatoms. The van der Waals surface area contributed by atoms with Gasteiger partial charge >= 0.3 is 12.1 Å². The van der Waals surface area contributed by atoms with Crippen molar-refractivity contribution in [2.24, 2.45) is 0 Å². The molecule has 1 aliphatic heterocycles. The maximum atomic E-state index is 14.8. The van der Waals surface area contributed by atoms with Gasteiger partial charge in [-0.2, -0.15) is 10.0 Å². The van der Waals surface area contributed by atoms with E-state index >= 15 is 0 Å². The predicted octanol–water partition coefficient (Wildman–Crippen LogP) is 5.37. The fourth-order valence-electron chi connectivity index (χ4n) is 4.28. The molecule has 0 radical (unpaired) electrons. The van der Waals surface area contributed by atoms with Crippen LogP contribution in [-0.2, 0) is 22.5 Å². The average molecular weight is 537 g/mol. The Morgan fingerprint density at radius 1 is 0.897 bits per heavy atom. The smallest absolute Gasteiger partial charge is 0.427 e. The number of imide groups is 1. The molecule has 0 saturated carbocycles. The Labute approximate surface area is 225 Å². The average Bonchev–Trinajstić information content (AvgIpc) is 2.88. The third-order valence-electron chi connectivity index (χ3n) is 6.03. The van der Waals surface area contributed by atoms with Crippen molar-refractivity contribution in [1.82, 2.24) is 20.5 Å². The number of rotatable bonds is 7. The molecule has 0 aromatic heterocycles. The topological polar surface area (TPSA) is 82.2 Å². The van der Waals surface area contributed by atoms with E-state index in [2.05, 4.69) is 5.43 Å². The summed E-state index contributed by atoms with van der Waals surface area (Å²) in [5, 5.41) is 3.18. The van der Waals surface area contributed by atoms with Gasteiger partial charge < -0.3 is 4.74 Å². The van der Waals surface area contributed by atoms with E-state index < -0.39 is 47.9 Å². The van der Waals surface area contributed by atoms with E-state index in [1.54, 1.807) is 51.1 Å². The highest BCUT2D eigenvalue weighted by Gasteiger charge is 2.47. The van der Waals surface area contributed by atoms with E-state index in [-0.39, 0.29) is 12.1 Å². The summed E-state index contributed by atoms with van der Waals surface area (Å²) >= 11 is 0. The van der Waals surface area contributed by atoms with Gasteiger partial charge in [0.25, 0.3) is 5.91 Å². The zero-order chi connectivity index (χ0) is 28.2. The largest absolute Gasteiger partial charge is 0.443 e. The van der Waals surface area contributed by atoms with Crippen LogP contribution in [0.5, 0.6) is 0 Å². The van der Waals surface area contributed by atoms with E-state index in [0.717, 1.165) is 17.7 Å². The summed E-state index contributed by atoms with van der Waals surface area (Å²) in [4.78, 5) is 40.1. The van der Waals surface area contributed by atoms with Crippen LogP contribution >= 0.6 is 0 Å². The van der Waals surface area contributed by atoms with Gasteiger partial charge in [0.15, 0.2) is 0 Å². The zero-order valence-electron chi connectivity index (χ0n) is 21.9. The van der Waals surface area contributed by atoms with Gasteiger partial charge in [-0.1, -0.05) is 66.7 Å². The van der Waals surface area contributed by atoms with Crippen LogP contribution in [0, 0.1) is 11.6 Å². The number of carbonyl (C=O) groups excluding carboxylic acids is 3. The molecule has 1 heterocycles. The molecule has 4 amide bonds. The number of amides is 4. The minimum Gasteiger partial charge on any atom is -0.443 e. The second kappa shape index (κ2) is 11.6. The van der Waals surface area contributed by atoms with Crippen LogP contribution in [-0.4, -0.2) is 45.2 Å². The third-order valence-corrected chi connectivity index (χ3v) is 6.03. The second-order valence-electron chi connectivity index (χ2n) is 10.0. The van der Waals surface area contributed by atoms with Gasteiger partial charge in [-0.05, 0) is 50.5 Å². The fourth-order valence-corrected chi connectivity index (χ4v) is 4.28. The van der Waals surface area contributed by atoms with E-state index in [1.165, 1.54) is 16.1 Å². The lowest BCUT2D eigenvalue weighted by Gasteiger charge is -2.46. The van der Waals surface area contributed by atoms with E-state index in [4.69, 9.17) is 4.74 Å². The Balaban J connectivity index is 1.77. The molecule has 39 heavy (non-hydrogen) atoms. The Bertz CT molecular complexity index is 1310. The van der Waals surface area contributed by atoms with Crippen LogP contribution in [0.25, 0.3) is 0 Å². The van der Waals surface area contributed by atoms with Crippen LogP contribution in [0.2, 0.25) is 0 Å². The first-order valence-electron chi connectivity index (χ1n) is 12.5. The quantitative estimate of drug-likeness (QED) is 0.439. The molecule has 3 aromatic rings. The van der Waals surface area contributed by atoms with Crippen molar-refractivity contribution in [3.63, 3.8) is 0 Å². The fraction of sp³-hybridized carbons (Fsp3) is 0.276. The van der Waals surface area contributed by atoms with Crippen molar-refractivity contribution in [2.45, 2.75) is 45.4 Å². The number of hydrazine groups is 2. The first-order chi connectivity index (χ1) is 18.5. The van der Waals surface area contributed by atoms with Gasteiger partial charge in [-0.3, -0.25) is 9.80 Å². The molecule has 1 saturated heterocycles. The molecule has 3 aromatic carbocycles. The van der Waals surface area contributed by atoms with E-state index in [0.29, 0.717) is 17.0 Å². The van der Waals surface area contributed by atoms with Crippen molar-refractivity contribution < 1.29 is 27.9 Å². The molecule has 1 fully saturated rings. The van der Waals surface area contributed by atoms with Gasteiger partial charge in [0.05, 0.1) is 6.54 Å². The van der Waals surface area contributed by atoms with Gasteiger partial charge in [0.2, 0.25) is 0 Å². The standard InChI is InChI=1S/C29H30F2N4O4/c1-29(2,3)39-27(37)32-35-26(36)25(21-13-8-5-9-14-21)34(19-22-23(30)15-10-16-24(22)31)33(28(35)38)18-17-20-11-6-4-7-12-20/h4-16,25H,17-19H2,1-3H3,(H,32,37). The van der Waals surface area contributed by atoms with E-state index in [9.17, 15) is 23.2 Å². The van der Waals surface area contributed by atoms with Crippen LogP contribution in [0.15, 0.2) is 78.9 Å². The first kappa shape index (κ1) is 27.7. The van der Waals surface area contributed by atoms with Crippen LogP contribution in [0.1, 0.15) is 43.5 Å². The molecule has 8 nitrogen and oxygen atoms in total. The molecule has 1 unspecified atom stereocenters. The molecule has 1 N–H and O–H groups in total. The van der Waals surface area contributed by atoms with Crippen LogP contribution < -0.4 is 5.43 Å². The second-order valence-corrected chi connectivity index (χ2v) is 10.0. The molecular formula is C29H30F2N4O4. The SMILES string of the molecule is CC(C)(C)OC(=O)NN1C(=O)C(c2ccccc2)N(Cc2c(F)cccc2F)N(CCc2ccccc2)C1=O. The molecule has 1 aliphatic rings. The number of halogens is 2. The summed E-state index contributed by atoms with van der Waals surface area (Å²) in [5.74, 6) is -2.41. The third kappa shape index (κ3) is 6.58. The highest BCUT2D eigenvalue weighted by atomic mass is 19.1.